The van der Waals surface area contributed by atoms with Gasteiger partial charge in [0, 0.05) is 27.8 Å². The van der Waals surface area contributed by atoms with E-state index in [1.54, 1.807) is 24.5 Å². The second-order valence-corrected chi connectivity index (χ2v) is 8.16. The number of pyridine rings is 1. The van der Waals surface area contributed by atoms with Gasteiger partial charge in [-0.15, -0.1) is 0 Å². The number of carbonyl (C=O) groups is 1. The van der Waals surface area contributed by atoms with Crippen molar-refractivity contribution >= 4 is 50.8 Å². The Bertz CT molecular complexity index is 1120. The lowest BCUT2D eigenvalue weighted by atomic mass is 10.2. The molecule has 2 aromatic heterocycles. The first-order valence-electron chi connectivity index (χ1n) is 9.40. The van der Waals surface area contributed by atoms with Gasteiger partial charge in [0.1, 0.15) is 17.6 Å². The molecule has 3 aromatic rings. The Morgan fingerprint density at radius 3 is 3.07 bits per heavy atom. The number of hydrogen-bond acceptors (Lipinski definition) is 4. The Hall–Kier alpha value is -2.66. The molecular weight excluding hydrogens is 502 g/mol. The topological polar surface area (TPSA) is 95.0 Å². The SMILES string of the molecule is C=COCC[OH+]C1CC1n1c(C(N)=O)c(Nc2ccc(I)cc2F)c2cnccc21. The summed E-state index contributed by atoms with van der Waals surface area (Å²) in [5.41, 5.74) is 7.58. The maximum atomic E-state index is 14.5. The number of aliphatic hydroxyl groups is 2. The van der Waals surface area contributed by atoms with Crippen molar-refractivity contribution in [2.24, 2.45) is 5.73 Å². The van der Waals surface area contributed by atoms with E-state index >= 15 is 0 Å². The van der Waals surface area contributed by atoms with Crippen molar-refractivity contribution in [2.45, 2.75) is 18.6 Å². The minimum atomic E-state index is -0.597. The summed E-state index contributed by atoms with van der Waals surface area (Å²) in [5, 5.41) is 3.77. The van der Waals surface area contributed by atoms with E-state index in [4.69, 9.17) is 10.5 Å². The highest BCUT2D eigenvalue weighted by molar-refractivity contribution is 14.1. The predicted octanol–water partition coefficient (Wildman–Crippen LogP) is 3.62. The lowest BCUT2D eigenvalue weighted by molar-refractivity contribution is -0.0763. The first-order valence-corrected chi connectivity index (χ1v) is 10.5. The lowest BCUT2D eigenvalue weighted by Gasteiger charge is -2.11. The third-order valence-corrected chi connectivity index (χ3v) is 5.65. The molecule has 0 bridgehead atoms. The monoisotopic (exact) mass is 523 g/mol. The fourth-order valence-electron chi connectivity index (χ4n) is 3.59. The molecule has 0 spiro atoms. The zero-order valence-electron chi connectivity index (χ0n) is 16.0. The molecule has 1 fully saturated rings. The van der Waals surface area contributed by atoms with Crippen molar-refractivity contribution in [3.05, 3.63) is 64.6 Å². The number of nitrogens with two attached hydrogens (primary N) is 1. The van der Waals surface area contributed by atoms with Crippen LogP contribution < -0.4 is 11.1 Å². The molecule has 1 amide bonds. The normalized spacial score (nSPS) is 17.7. The van der Waals surface area contributed by atoms with Crippen molar-refractivity contribution < 1.29 is 18.7 Å². The molecule has 7 nitrogen and oxygen atoms in total. The van der Waals surface area contributed by atoms with Gasteiger partial charge in [0.25, 0.3) is 5.91 Å². The Labute approximate surface area is 186 Å². The van der Waals surface area contributed by atoms with Crippen LogP contribution in [-0.4, -0.2) is 39.5 Å². The van der Waals surface area contributed by atoms with Gasteiger partial charge in [-0.3, -0.25) is 9.78 Å². The van der Waals surface area contributed by atoms with E-state index in [-0.39, 0.29) is 17.8 Å². The molecule has 4 rings (SSSR count). The number of nitrogens with one attached hydrogen (secondary N) is 1. The van der Waals surface area contributed by atoms with Crippen LogP contribution in [0.15, 0.2) is 49.5 Å². The van der Waals surface area contributed by atoms with E-state index in [9.17, 15) is 9.18 Å². The molecule has 2 heterocycles. The van der Waals surface area contributed by atoms with Crippen LogP contribution in [0.2, 0.25) is 0 Å². The van der Waals surface area contributed by atoms with Gasteiger partial charge in [-0.1, -0.05) is 6.58 Å². The van der Waals surface area contributed by atoms with Crippen LogP contribution in [0.25, 0.3) is 10.9 Å². The molecule has 1 aromatic carbocycles. The average molecular weight is 523 g/mol. The van der Waals surface area contributed by atoms with Gasteiger partial charge in [0.2, 0.25) is 0 Å². The Morgan fingerprint density at radius 1 is 1.50 bits per heavy atom. The van der Waals surface area contributed by atoms with Crippen molar-refractivity contribution in [1.82, 2.24) is 9.55 Å². The highest BCUT2D eigenvalue weighted by atomic mass is 127. The maximum Gasteiger partial charge on any atom is 0.267 e. The minimum absolute atomic E-state index is 0.00162. The largest absolute Gasteiger partial charge is 0.494 e. The van der Waals surface area contributed by atoms with Crippen LogP contribution in [0.5, 0.6) is 0 Å². The van der Waals surface area contributed by atoms with Gasteiger partial charge in [0.05, 0.1) is 23.2 Å². The summed E-state index contributed by atoms with van der Waals surface area (Å²) in [5.74, 6) is -1.01. The highest BCUT2D eigenvalue weighted by Crippen LogP contribution is 2.45. The molecule has 30 heavy (non-hydrogen) atoms. The quantitative estimate of drug-likeness (QED) is 0.194. The number of nitrogens with zero attached hydrogens (tertiary/aromatic N) is 2. The number of anilines is 2. The van der Waals surface area contributed by atoms with Gasteiger partial charge in [-0.2, -0.15) is 0 Å². The van der Waals surface area contributed by atoms with Crippen molar-refractivity contribution in [3.63, 3.8) is 0 Å². The second kappa shape index (κ2) is 8.60. The van der Waals surface area contributed by atoms with Gasteiger partial charge in [0.15, 0.2) is 19.3 Å². The summed E-state index contributed by atoms with van der Waals surface area (Å²) in [6.07, 6.45) is 5.54. The van der Waals surface area contributed by atoms with Crippen LogP contribution in [0.3, 0.4) is 0 Å². The fraction of sp³-hybridized carbons (Fsp3) is 0.238. The molecule has 1 aliphatic rings. The number of hydrogen-bond donors (Lipinski definition) is 2. The van der Waals surface area contributed by atoms with Crippen molar-refractivity contribution in [2.75, 3.05) is 18.5 Å². The van der Waals surface area contributed by atoms with Crippen LogP contribution in [0.4, 0.5) is 15.8 Å². The molecule has 9 heteroatoms. The van der Waals surface area contributed by atoms with Crippen LogP contribution in [0, 0.1) is 9.39 Å². The van der Waals surface area contributed by atoms with E-state index < -0.39 is 11.7 Å². The summed E-state index contributed by atoms with van der Waals surface area (Å²) < 4.78 is 26.9. The van der Waals surface area contributed by atoms with Gasteiger partial charge in [-0.05, 0) is 46.9 Å². The van der Waals surface area contributed by atoms with E-state index in [0.717, 1.165) is 15.5 Å². The molecule has 156 valence electrons. The van der Waals surface area contributed by atoms with E-state index in [1.165, 1.54) is 12.3 Å². The summed E-state index contributed by atoms with van der Waals surface area (Å²) >= 11 is 2.04. The standard InChI is InChI=1S/C21H20FIN4O3/c1-2-29-7-8-30-18-10-17(18)27-16-5-6-25-11-13(16)19(20(27)21(24)28)26-15-4-3-12(23)9-14(15)22/h2-6,9,11,17-18,26H,1,7-8,10H2,(H2,24,28)/p+1. The summed E-state index contributed by atoms with van der Waals surface area (Å²) in [7, 11) is 0. The van der Waals surface area contributed by atoms with Gasteiger partial charge < -0.3 is 25.1 Å². The number of amides is 1. The zero-order valence-corrected chi connectivity index (χ0v) is 18.2. The average Bonchev–Trinajstić information content (AvgIpc) is 3.41. The summed E-state index contributed by atoms with van der Waals surface area (Å²) in [6.45, 7) is 4.51. The first kappa shape index (κ1) is 20.6. The molecule has 2 unspecified atom stereocenters. The minimum Gasteiger partial charge on any atom is -0.494 e. The number of primary amides is 1. The molecule has 2 atom stereocenters. The third kappa shape index (κ3) is 3.99. The molecule has 1 aliphatic carbocycles. The van der Waals surface area contributed by atoms with Crippen LogP contribution >= 0.6 is 22.6 Å². The summed E-state index contributed by atoms with van der Waals surface area (Å²) in [6, 6.07) is 6.67. The number of benzene rings is 1. The second-order valence-electron chi connectivity index (χ2n) is 6.91. The van der Waals surface area contributed by atoms with Crippen LogP contribution in [0.1, 0.15) is 23.0 Å². The number of rotatable bonds is 9. The number of fused-ring (bicyclic) bond motifs is 1. The molecular formula is C21H21FIN4O3+. The third-order valence-electron chi connectivity index (χ3n) is 4.98. The maximum absolute atomic E-state index is 14.5. The summed E-state index contributed by atoms with van der Waals surface area (Å²) in [4.78, 5) is 16.6. The smallest absolute Gasteiger partial charge is 0.267 e. The number of carbonyl (C=O) groups excluding carboxylic acids is 1. The molecule has 4 N–H and O–H groups in total. The number of ether oxygens (including phenoxy) is 2. The first-order chi connectivity index (χ1) is 14.5. The number of halogens is 2. The lowest BCUT2D eigenvalue weighted by Crippen LogP contribution is -2.20. The van der Waals surface area contributed by atoms with Crippen molar-refractivity contribution in [3.8, 4) is 0 Å². The molecule has 0 saturated heterocycles. The number of aromatic nitrogens is 2. The predicted molar refractivity (Wildman–Crippen MR) is 121 cm³/mol. The zero-order chi connectivity index (χ0) is 21.3. The van der Waals surface area contributed by atoms with E-state index in [1.807, 2.05) is 33.2 Å². The van der Waals surface area contributed by atoms with Crippen molar-refractivity contribution in [1.29, 1.82) is 0 Å². The molecule has 0 aliphatic heterocycles. The molecule has 0 radical (unpaired) electrons. The van der Waals surface area contributed by atoms with Gasteiger partial charge >= 0.3 is 0 Å². The van der Waals surface area contributed by atoms with Crippen LogP contribution in [-0.2, 0) is 4.74 Å². The Balaban J connectivity index is 1.72. The fourth-order valence-corrected chi connectivity index (χ4v) is 4.05. The van der Waals surface area contributed by atoms with E-state index in [0.29, 0.717) is 30.0 Å². The Kier molecular flexibility index (Phi) is 5.91. The van der Waals surface area contributed by atoms with Gasteiger partial charge in [-0.25, -0.2) is 4.39 Å². The molecule has 1 saturated carbocycles. The van der Waals surface area contributed by atoms with E-state index in [2.05, 4.69) is 21.6 Å². The highest BCUT2D eigenvalue weighted by Gasteiger charge is 2.48. The Morgan fingerprint density at radius 2 is 2.33 bits per heavy atom.